The topological polar surface area (TPSA) is 73.3 Å². The summed E-state index contributed by atoms with van der Waals surface area (Å²) in [5, 5.41) is 3.15. The number of ether oxygens (including phenoxy) is 1. The molecule has 1 aliphatic rings. The molecule has 5 nitrogen and oxygen atoms in total. The Morgan fingerprint density at radius 2 is 2.41 bits per heavy atom. The van der Waals surface area contributed by atoms with Crippen LogP contribution in [0.3, 0.4) is 0 Å². The van der Waals surface area contributed by atoms with Crippen molar-refractivity contribution in [1.82, 2.24) is 4.98 Å². The molecule has 0 bridgehead atoms. The van der Waals surface area contributed by atoms with Gasteiger partial charge in [0.05, 0.1) is 6.10 Å². The molecule has 1 aliphatic heterocycles. The molecule has 0 amide bonds. The number of nitrogen functional groups attached to an aromatic ring is 1. The minimum atomic E-state index is 0.273. The van der Waals surface area contributed by atoms with Crippen molar-refractivity contribution in [2.45, 2.75) is 18.9 Å². The Kier molecular flexibility index (Phi) is 2.60. The Labute approximate surface area is 98.9 Å². The van der Waals surface area contributed by atoms with Gasteiger partial charge in [0, 0.05) is 24.9 Å². The lowest BCUT2D eigenvalue weighted by Gasteiger charge is -2.08. The van der Waals surface area contributed by atoms with E-state index in [1.54, 1.807) is 6.07 Å². The molecule has 1 fully saturated rings. The molecular formula is C12H15N3O2. The van der Waals surface area contributed by atoms with Crippen LogP contribution >= 0.6 is 0 Å². The molecule has 3 N–H and O–H groups in total. The summed E-state index contributed by atoms with van der Waals surface area (Å²) in [5.41, 5.74) is 7.88. The highest BCUT2D eigenvalue weighted by Gasteiger charge is 2.16. The molecule has 1 aromatic heterocycles. The summed E-state index contributed by atoms with van der Waals surface area (Å²) in [4.78, 5) is 4.33. The smallest absolute Gasteiger partial charge is 0.295 e. The van der Waals surface area contributed by atoms with Gasteiger partial charge in [0.25, 0.3) is 6.01 Å². The van der Waals surface area contributed by atoms with Crippen molar-refractivity contribution in [2.75, 3.05) is 24.2 Å². The zero-order valence-electron chi connectivity index (χ0n) is 9.48. The van der Waals surface area contributed by atoms with Crippen molar-refractivity contribution in [1.29, 1.82) is 0 Å². The van der Waals surface area contributed by atoms with Crippen LogP contribution in [0.4, 0.5) is 11.7 Å². The fourth-order valence-electron chi connectivity index (χ4n) is 2.02. The molecule has 0 radical (unpaired) electrons. The minimum Gasteiger partial charge on any atom is -0.423 e. The number of nitrogens with one attached hydrogen (secondary N) is 1. The first-order valence-electron chi connectivity index (χ1n) is 5.83. The zero-order chi connectivity index (χ0) is 11.7. The van der Waals surface area contributed by atoms with E-state index in [2.05, 4.69) is 10.3 Å². The number of nitrogens with zero attached hydrogens (tertiary/aromatic N) is 1. The molecule has 17 heavy (non-hydrogen) atoms. The molecule has 3 rings (SSSR count). The lowest BCUT2D eigenvalue weighted by atomic mass is 10.2. The summed E-state index contributed by atoms with van der Waals surface area (Å²) in [5.74, 6) is 0. The van der Waals surface area contributed by atoms with Gasteiger partial charge in [-0.25, -0.2) is 0 Å². The van der Waals surface area contributed by atoms with Crippen LogP contribution in [0.2, 0.25) is 0 Å². The van der Waals surface area contributed by atoms with Crippen LogP contribution in [-0.4, -0.2) is 24.2 Å². The molecule has 1 atom stereocenters. The van der Waals surface area contributed by atoms with E-state index in [-0.39, 0.29) is 6.10 Å². The van der Waals surface area contributed by atoms with Gasteiger partial charge in [0.2, 0.25) is 0 Å². The third kappa shape index (κ3) is 2.19. The van der Waals surface area contributed by atoms with Crippen molar-refractivity contribution in [3.05, 3.63) is 18.2 Å². The fourth-order valence-corrected chi connectivity index (χ4v) is 2.02. The average Bonchev–Trinajstić information content (AvgIpc) is 2.94. The summed E-state index contributed by atoms with van der Waals surface area (Å²) in [6.45, 7) is 1.60. The van der Waals surface area contributed by atoms with Gasteiger partial charge in [0.15, 0.2) is 5.58 Å². The predicted molar refractivity (Wildman–Crippen MR) is 65.9 cm³/mol. The Morgan fingerprint density at radius 3 is 3.24 bits per heavy atom. The van der Waals surface area contributed by atoms with Gasteiger partial charge >= 0.3 is 0 Å². The Bertz CT molecular complexity index is 517. The first kappa shape index (κ1) is 10.4. The zero-order valence-corrected chi connectivity index (χ0v) is 9.48. The largest absolute Gasteiger partial charge is 0.423 e. The van der Waals surface area contributed by atoms with Crippen LogP contribution < -0.4 is 11.1 Å². The Balaban J connectivity index is 1.72. The maximum Gasteiger partial charge on any atom is 0.295 e. The number of nitrogens with two attached hydrogens (primary N) is 1. The number of hydrogen-bond acceptors (Lipinski definition) is 5. The van der Waals surface area contributed by atoms with Gasteiger partial charge in [-0.3, -0.25) is 0 Å². The fraction of sp³-hybridized carbons (Fsp3) is 0.417. The Hall–Kier alpha value is -1.75. The SMILES string of the molecule is Nc1ccc2nc(NCC3CCCO3)oc2c1. The normalized spacial score (nSPS) is 19.9. The van der Waals surface area contributed by atoms with E-state index in [1.807, 2.05) is 12.1 Å². The predicted octanol–water partition coefficient (Wildman–Crippen LogP) is 2.00. The highest BCUT2D eigenvalue weighted by atomic mass is 16.5. The molecule has 90 valence electrons. The van der Waals surface area contributed by atoms with E-state index in [0.29, 0.717) is 17.3 Å². The van der Waals surface area contributed by atoms with E-state index >= 15 is 0 Å². The van der Waals surface area contributed by atoms with Crippen LogP contribution in [-0.2, 0) is 4.74 Å². The summed E-state index contributed by atoms with van der Waals surface area (Å²) in [6.07, 6.45) is 2.51. The molecule has 1 unspecified atom stereocenters. The van der Waals surface area contributed by atoms with Gasteiger partial charge in [0.1, 0.15) is 5.52 Å². The molecular weight excluding hydrogens is 218 g/mol. The second kappa shape index (κ2) is 4.25. The second-order valence-electron chi connectivity index (χ2n) is 4.26. The van der Waals surface area contributed by atoms with Crippen LogP contribution in [0.25, 0.3) is 11.1 Å². The first-order valence-corrected chi connectivity index (χ1v) is 5.83. The van der Waals surface area contributed by atoms with E-state index in [9.17, 15) is 0 Å². The van der Waals surface area contributed by atoms with Crippen LogP contribution in [0, 0.1) is 0 Å². The maximum absolute atomic E-state index is 5.68. The van der Waals surface area contributed by atoms with E-state index in [4.69, 9.17) is 14.9 Å². The molecule has 1 aromatic carbocycles. The van der Waals surface area contributed by atoms with E-state index < -0.39 is 0 Å². The van der Waals surface area contributed by atoms with Crippen molar-refractivity contribution in [2.24, 2.45) is 0 Å². The van der Waals surface area contributed by atoms with Gasteiger partial charge in [-0.05, 0) is 25.0 Å². The number of fused-ring (bicyclic) bond motifs is 1. The van der Waals surface area contributed by atoms with Crippen LogP contribution in [0.1, 0.15) is 12.8 Å². The molecule has 2 aromatic rings. The van der Waals surface area contributed by atoms with E-state index in [1.165, 1.54) is 0 Å². The molecule has 2 heterocycles. The monoisotopic (exact) mass is 233 g/mol. The van der Waals surface area contributed by atoms with Crippen LogP contribution in [0.15, 0.2) is 22.6 Å². The highest BCUT2D eigenvalue weighted by molar-refractivity contribution is 5.78. The van der Waals surface area contributed by atoms with Gasteiger partial charge in [-0.1, -0.05) is 0 Å². The lowest BCUT2D eigenvalue weighted by Crippen LogP contribution is -2.18. The van der Waals surface area contributed by atoms with Gasteiger partial charge < -0.3 is 20.2 Å². The highest BCUT2D eigenvalue weighted by Crippen LogP contribution is 2.21. The van der Waals surface area contributed by atoms with Crippen molar-refractivity contribution in [3.63, 3.8) is 0 Å². The molecule has 0 spiro atoms. The standard InChI is InChI=1S/C12H15N3O2/c13-8-3-4-10-11(6-8)17-12(15-10)14-7-9-2-1-5-16-9/h3-4,6,9H,1-2,5,7,13H2,(H,14,15). The summed E-state index contributed by atoms with van der Waals surface area (Å²) >= 11 is 0. The van der Waals surface area contributed by atoms with Gasteiger partial charge in [-0.15, -0.1) is 0 Å². The number of aromatic nitrogens is 1. The third-order valence-corrected chi connectivity index (χ3v) is 2.92. The lowest BCUT2D eigenvalue weighted by molar-refractivity contribution is 0.120. The number of benzene rings is 1. The van der Waals surface area contributed by atoms with Crippen molar-refractivity contribution < 1.29 is 9.15 Å². The minimum absolute atomic E-state index is 0.273. The summed E-state index contributed by atoms with van der Waals surface area (Å²) < 4.78 is 11.1. The molecule has 5 heteroatoms. The van der Waals surface area contributed by atoms with E-state index in [0.717, 1.165) is 31.5 Å². The van der Waals surface area contributed by atoms with Crippen molar-refractivity contribution in [3.8, 4) is 0 Å². The van der Waals surface area contributed by atoms with Crippen LogP contribution in [0.5, 0.6) is 0 Å². The Morgan fingerprint density at radius 1 is 1.47 bits per heavy atom. The quantitative estimate of drug-likeness (QED) is 0.793. The summed E-state index contributed by atoms with van der Waals surface area (Å²) in [7, 11) is 0. The summed E-state index contributed by atoms with van der Waals surface area (Å²) in [6, 6.07) is 5.97. The molecule has 0 saturated carbocycles. The van der Waals surface area contributed by atoms with Gasteiger partial charge in [-0.2, -0.15) is 4.98 Å². The third-order valence-electron chi connectivity index (χ3n) is 2.92. The maximum atomic E-state index is 5.68. The number of oxazole rings is 1. The number of anilines is 2. The number of hydrogen-bond donors (Lipinski definition) is 2. The number of rotatable bonds is 3. The molecule has 1 saturated heterocycles. The second-order valence-corrected chi connectivity index (χ2v) is 4.26. The average molecular weight is 233 g/mol. The van der Waals surface area contributed by atoms with Crippen molar-refractivity contribution >= 4 is 22.8 Å². The molecule has 0 aliphatic carbocycles. The first-order chi connectivity index (χ1) is 8.31.